The van der Waals surface area contributed by atoms with Gasteiger partial charge in [0, 0.05) is 13.2 Å². The number of nitrogens with one attached hydrogen (secondary N) is 1. The van der Waals surface area contributed by atoms with Gasteiger partial charge in [-0.2, -0.15) is 0 Å². The fourth-order valence-corrected chi connectivity index (χ4v) is 3.76. The molecule has 1 aliphatic rings. The Morgan fingerprint density at radius 1 is 1.59 bits per heavy atom. The summed E-state index contributed by atoms with van der Waals surface area (Å²) in [4.78, 5) is 0.0181. The summed E-state index contributed by atoms with van der Waals surface area (Å²) in [5.41, 5.74) is 5.42. The van der Waals surface area contributed by atoms with Crippen LogP contribution in [0.25, 0.3) is 0 Å². The molecule has 0 aliphatic carbocycles. The van der Waals surface area contributed by atoms with E-state index in [1.165, 1.54) is 0 Å². The summed E-state index contributed by atoms with van der Waals surface area (Å²) >= 11 is 4.76. The van der Waals surface area contributed by atoms with Crippen molar-refractivity contribution in [1.29, 1.82) is 0 Å². The van der Waals surface area contributed by atoms with E-state index in [-0.39, 0.29) is 11.1 Å². The number of ether oxygens (including phenoxy) is 1. The van der Waals surface area contributed by atoms with Crippen molar-refractivity contribution in [2.45, 2.75) is 44.0 Å². The van der Waals surface area contributed by atoms with Crippen molar-refractivity contribution in [2.24, 2.45) is 5.73 Å². The molecule has 0 aromatic rings. The first-order valence-electron chi connectivity index (χ1n) is 5.86. The monoisotopic (exact) mass is 280 g/mol. The molecule has 0 bridgehead atoms. The lowest BCUT2D eigenvalue weighted by Gasteiger charge is -2.24. The van der Waals surface area contributed by atoms with Gasteiger partial charge in [-0.25, -0.2) is 13.1 Å². The predicted octanol–water partition coefficient (Wildman–Crippen LogP) is 0.540. The highest BCUT2D eigenvalue weighted by Gasteiger charge is 2.27. The molecule has 1 aliphatic heterocycles. The first-order valence-corrected chi connectivity index (χ1v) is 7.82. The average molecular weight is 280 g/mol. The maximum absolute atomic E-state index is 11.9. The van der Waals surface area contributed by atoms with Crippen LogP contribution in [0.1, 0.15) is 32.6 Å². The van der Waals surface area contributed by atoms with Gasteiger partial charge in [0.15, 0.2) is 0 Å². The number of thiocarbonyl (C=S) groups is 1. The van der Waals surface area contributed by atoms with Gasteiger partial charge in [-0.05, 0) is 25.7 Å². The van der Waals surface area contributed by atoms with Crippen LogP contribution in [0, 0.1) is 0 Å². The van der Waals surface area contributed by atoms with E-state index in [0.29, 0.717) is 19.6 Å². The van der Waals surface area contributed by atoms with Crippen molar-refractivity contribution in [1.82, 2.24) is 4.72 Å². The fourth-order valence-electron chi connectivity index (χ4n) is 1.85. The molecule has 1 saturated heterocycles. The van der Waals surface area contributed by atoms with E-state index in [9.17, 15) is 8.42 Å². The first-order chi connectivity index (χ1) is 7.97. The molecule has 0 saturated carbocycles. The number of sulfonamides is 1. The summed E-state index contributed by atoms with van der Waals surface area (Å²) in [6.07, 6.45) is 3.39. The summed E-state index contributed by atoms with van der Waals surface area (Å²) in [5.74, 6) is 0. The van der Waals surface area contributed by atoms with Gasteiger partial charge < -0.3 is 10.5 Å². The molecule has 0 amide bonds. The SMILES string of the molecule is CCC(C(N)=S)S(=O)(=O)NCC1CCCCO1. The van der Waals surface area contributed by atoms with Crippen molar-refractivity contribution in [3.8, 4) is 0 Å². The molecule has 17 heavy (non-hydrogen) atoms. The molecule has 1 rings (SSSR count). The second-order valence-corrected chi connectivity index (χ2v) is 6.60. The standard InChI is InChI=1S/C10H20N2O3S2/c1-2-9(10(11)16)17(13,14)12-7-8-5-3-4-6-15-8/h8-9,12H,2-7H2,1H3,(H2,11,16). The maximum Gasteiger partial charge on any atom is 0.221 e. The van der Waals surface area contributed by atoms with Gasteiger partial charge >= 0.3 is 0 Å². The second-order valence-electron chi connectivity index (χ2n) is 4.18. The third-order valence-corrected chi connectivity index (χ3v) is 5.19. The molecule has 100 valence electrons. The fraction of sp³-hybridized carbons (Fsp3) is 0.900. The summed E-state index contributed by atoms with van der Waals surface area (Å²) in [6, 6.07) is 0. The minimum atomic E-state index is -3.47. The Labute approximate surface area is 108 Å². The molecule has 0 aromatic carbocycles. The molecule has 5 nitrogen and oxygen atoms in total. The van der Waals surface area contributed by atoms with E-state index in [0.717, 1.165) is 19.3 Å². The van der Waals surface area contributed by atoms with Gasteiger partial charge in [-0.1, -0.05) is 19.1 Å². The van der Waals surface area contributed by atoms with Crippen LogP contribution >= 0.6 is 12.2 Å². The molecule has 3 N–H and O–H groups in total. The van der Waals surface area contributed by atoms with Crippen molar-refractivity contribution in [3.63, 3.8) is 0 Å². The Kier molecular flexibility index (Phi) is 5.78. The largest absolute Gasteiger partial charge is 0.392 e. The predicted molar refractivity (Wildman–Crippen MR) is 71.4 cm³/mol. The Bertz CT molecular complexity index is 351. The molecule has 7 heteroatoms. The van der Waals surface area contributed by atoms with Crippen LogP contribution in [-0.4, -0.2) is 37.9 Å². The second kappa shape index (κ2) is 6.63. The summed E-state index contributed by atoms with van der Waals surface area (Å²) in [5, 5.41) is -0.791. The van der Waals surface area contributed by atoms with Crippen LogP contribution in [0.3, 0.4) is 0 Å². The lowest BCUT2D eigenvalue weighted by molar-refractivity contribution is 0.0200. The maximum atomic E-state index is 11.9. The van der Waals surface area contributed by atoms with E-state index < -0.39 is 15.3 Å². The summed E-state index contributed by atoms with van der Waals surface area (Å²) in [6.45, 7) is 2.76. The van der Waals surface area contributed by atoms with Gasteiger partial charge in [-0.15, -0.1) is 0 Å². The van der Waals surface area contributed by atoms with Crippen molar-refractivity contribution >= 4 is 27.2 Å². The lowest BCUT2D eigenvalue weighted by Crippen LogP contribution is -2.44. The minimum absolute atomic E-state index is 0.0181. The Morgan fingerprint density at radius 2 is 2.29 bits per heavy atom. The smallest absolute Gasteiger partial charge is 0.221 e. The Morgan fingerprint density at radius 3 is 2.76 bits per heavy atom. The van der Waals surface area contributed by atoms with Crippen molar-refractivity contribution < 1.29 is 13.2 Å². The topological polar surface area (TPSA) is 81.4 Å². The highest BCUT2D eigenvalue weighted by atomic mass is 32.2. The molecule has 1 heterocycles. The molecule has 2 unspecified atom stereocenters. The molecule has 2 atom stereocenters. The zero-order chi connectivity index (χ0) is 12.9. The van der Waals surface area contributed by atoms with Gasteiger partial charge in [0.05, 0.1) is 11.1 Å². The van der Waals surface area contributed by atoms with Gasteiger partial charge in [0.2, 0.25) is 10.0 Å². The number of hydrogen-bond donors (Lipinski definition) is 2. The highest BCUT2D eigenvalue weighted by molar-refractivity contribution is 7.93. The van der Waals surface area contributed by atoms with E-state index in [1.54, 1.807) is 6.92 Å². The first kappa shape index (κ1) is 14.8. The number of nitrogens with two attached hydrogens (primary N) is 1. The summed E-state index contributed by atoms with van der Waals surface area (Å²) < 4.78 is 31.8. The van der Waals surface area contributed by atoms with Crippen LogP contribution in [-0.2, 0) is 14.8 Å². The van der Waals surface area contributed by atoms with Gasteiger partial charge in [0.25, 0.3) is 0 Å². The average Bonchev–Trinajstić information content (AvgIpc) is 2.28. The highest BCUT2D eigenvalue weighted by Crippen LogP contribution is 2.13. The molecular weight excluding hydrogens is 260 g/mol. The quantitative estimate of drug-likeness (QED) is 0.694. The molecule has 0 radical (unpaired) electrons. The van der Waals surface area contributed by atoms with Crippen LogP contribution in [0.5, 0.6) is 0 Å². The van der Waals surface area contributed by atoms with E-state index in [4.69, 9.17) is 22.7 Å². The zero-order valence-electron chi connectivity index (χ0n) is 10.0. The molecular formula is C10H20N2O3S2. The zero-order valence-corrected chi connectivity index (χ0v) is 11.6. The third-order valence-electron chi connectivity index (χ3n) is 2.85. The van der Waals surface area contributed by atoms with Gasteiger partial charge in [0.1, 0.15) is 5.25 Å². The Hall–Kier alpha value is -0.240. The van der Waals surface area contributed by atoms with Crippen molar-refractivity contribution in [2.75, 3.05) is 13.2 Å². The third kappa shape index (κ3) is 4.50. The van der Waals surface area contributed by atoms with Crippen molar-refractivity contribution in [3.05, 3.63) is 0 Å². The number of rotatable bonds is 6. The molecule has 0 spiro atoms. The minimum Gasteiger partial charge on any atom is -0.392 e. The summed E-state index contributed by atoms with van der Waals surface area (Å²) in [7, 11) is -3.47. The Balaban J connectivity index is 2.50. The van der Waals surface area contributed by atoms with Gasteiger partial charge in [-0.3, -0.25) is 0 Å². The van der Waals surface area contributed by atoms with E-state index >= 15 is 0 Å². The van der Waals surface area contributed by atoms with Crippen LogP contribution < -0.4 is 10.5 Å². The van der Waals surface area contributed by atoms with E-state index in [2.05, 4.69) is 4.72 Å². The van der Waals surface area contributed by atoms with Crippen LogP contribution in [0.15, 0.2) is 0 Å². The molecule has 1 fully saturated rings. The van der Waals surface area contributed by atoms with E-state index in [1.807, 2.05) is 0 Å². The molecule has 0 aromatic heterocycles. The van der Waals surface area contributed by atoms with Crippen LogP contribution in [0.4, 0.5) is 0 Å². The van der Waals surface area contributed by atoms with Crippen LogP contribution in [0.2, 0.25) is 0 Å². The lowest BCUT2D eigenvalue weighted by atomic mass is 10.1. The number of hydrogen-bond acceptors (Lipinski definition) is 4. The normalized spacial score (nSPS) is 23.2.